The van der Waals surface area contributed by atoms with Gasteiger partial charge in [-0.1, -0.05) is 26.0 Å². The highest BCUT2D eigenvalue weighted by Crippen LogP contribution is 2.45. The molecule has 0 aliphatic carbocycles. The van der Waals surface area contributed by atoms with E-state index < -0.39 is 0 Å². The van der Waals surface area contributed by atoms with Crippen LogP contribution >= 0.6 is 0 Å². The molecule has 8 heteroatoms. The Hall–Kier alpha value is -2.74. The van der Waals surface area contributed by atoms with Gasteiger partial charge in [0.25, 0.3) is 0 Å². The van der Waals surface area contributed by atoms with Crippen LogP contribution in [-0.2, 0) is 16.0 Å². The number of aryl methyl sites for hydroxylation is 2. The molecule has 2 aliphatic rings. The number of anilines is 1. The standard InChI is InChI=1S/C26H36FN5O2/c1-17(2)15-32-22(13-20-6-5-7-21(27)12-20)14-26(25(32)34)8-10-31(11-9-26)16-23(33)28-24-18(3)29-30-19(24)4/h5-7,12,17,22H,8-11,13-16H2,1-4H3,(H,28,33)(H,29,30)/t22-/m1/s1. The number of H-pyrrole nitrogens is 1. The van der Waals surface area contributed by atoms with Gasteiger partial charge < -0.3 is 10.2 Å². The second-order valence-electron chi connectivity index (χ2n) is 10.5. The van der Waals surface area contributed by atoms with Crippen LogP contribution in [0.5, 0.6) is 0 Å². The second kappa shape index (κ2) is 9.86. The maximum Gasteiger partial charge on any atom is 0.238 e. The molecule has 2 aliphatic heterocycles. The Balaban J connectivity index is 1.40. The van der Waals surface area contributed by atoms with E-state index in [-0.39, 0.29) is 29.1 Å². The largest absolute Gasteiger partial charge is 0.339 e. The van der Waals surface area contributed by atoms with E-state index in [1.807, 2.05) is 24.8 Å². The Morgan fingerprint density at radius 1 is 1.29 bits per heavy atom. The molecule has 1 aromatic heterocycles. The van der Waals surface area contributed by atoms with Crippen LogP contribution in [0.25, 0.3) is 0 Å². The molecule has 0 saturated carbocycles. The van der Waals surface area contributed by atoms with Crippen molar-refractivity contribution in [3.05, 3.63) is 47.0 Å². The second-order valence-corrected chi connectivity index (χ2v) is 10.5. The molecule has 2 saturated heterocycles. The fraction of sp³-hybridized carbons (Fsp3) is 0.577. The summed E-state index contributed by atoms with van der Waals surface area (Å²) >= 11 is 0. The molecule has 7 nitrogen and oxygen atoms in total. The van der Waals surface area contributed by atoms with Crippen LogP contribution in [0.15, 0.2) is 24.3 Å². The van der Waals surface area contributed by atoms with Crippen molar-refractivity contribution in [1.29, 1.82) is 0 Å². The topological polar surface area (TPSA) is 81.3 Å². The zero-order valence-corrected chi connectivity index (χ0v) is 20.7. The van der Waals surface area contributed by atoms with Gasteiger partial charge in [-0.25, -0.2) is 4.39 Å². The predicted octanol–water partition coefficient (Wildman–Crippen LogP) is 3.69. The van der Waals surface area contributed by atoms with Crippen LogP contribution in [0.2, 0.25) is 0 Å². The summed E-state index contributed by atoms with van der Waals surface area (Å²) in [7, 11) is 0. The molecule has 3 heterocycles. The minimum Gasteiger partial charge on any atom is -0.339 e. The van der Waals surface area contributed by atoms with Crippen molar-refractivity contribution in [3.8, 4) is 0 Å². The molecule has 0 radical (unpaired) electrons. The number of carbonyl (C=O) groups excluding carboxylic acids is 2. The summed E-state index contributed by atoms with van der Waals surface area (Å²) in [6.07, 6.45) is 2.96. The van der Waals surface area contributed by atoms with Crippen LogP contribution in [0.4, 0.5) is 10.1 Å². The summed E-state index contributed by atoms with van der Waals surface area (Å²) in [5.41, 5.74) is 2.91. The van der Waals surface area contributed by atoms with E-state index in [9.17, 15) is 14.0 Å². The van der Waals surface area contributed by atoms with Crippen molar-refractivity contribution in [3.63, 3.8) is 0 Å². The Labute approximate surface area is 201 Å². The number of aromatic amines is 1. The van der Waals surface area contributed by atoms with E-state index in [4.69, 9.17) is 0 Å². The van der Waals surface area contributed by atoms with Crippen molar-refractivity contribution in [2.45, 2.75) is 59.4 Å². The summed E-state index contributed by atoms with van der Waals surface area (Å²) in [5, 5.41) is 9.97. The van der Waals surface area contributed by atoms with Gasteiger partial charge >= 0.3 is 0 Å². The van der Waals surface area contributed by atoms with Gasteiger partial charge in [-0.2, -0.15) is 5.10 Å². The van der Waals surface area contributed by atoms with Crippen molar-refractivity contribution in [2.75, 3.05) is 31.5 Å². The number of hydrogen-bond acceptors (Lipinski definition) is 4. The average molecular weight is 470 g/mol. The van der Waals surface area contributed by atoms with Crippen molar-refractivity contribution < 1.29 is 14.0 Å². The Kier molecular flexibility index (Phi) is 7.07. The summed E-state index contributed by atoms with van der Waals surface area (Å²) in [5.74, 6) is 0.301. The molecule has 0 bridgehead atoms. The van der Waals surface area contributed by atoms with Gasteiger partial charge in [-0.15, -0.1) is 0 Å². The Morgan fingerprint density at radius 3 is 2.65 bits per heavy atom. The fourth-order valence-corrected chi connectivity index (χ4v) is 5.54. The molecule has 2 fully saturated rings. The SMILES string of the molecule is Cc1n[nH]c(C)c1NC(=O)CN1CCC2(CC1)C[C@@H](Cc1cccc(F)c1)N(CC(C)C)C2=O. The molecule has 1 atom stereocenters. The quantitative estimate of drug-likeness (QED) is 0.648. The monoisotopic (exact) mass is 469 g/mol. The number of benzene rings is 1. The Morgan fingerprint density at radius 2 is 2.03 bits per heavy atom. The number of halogens is 1. The Bertz CT molecular complexity index is 1020. The lowest BCUT2D eigenvalue weighted by Crippen LogP contribution is -2.47. The van der Waals surface area contributed by atoms with Crippen LogP contribution in [0.3, 0.4) is 0 Å². The lowest BCUT2D eigenvalue weighted by Gasteiger charge is -2.37. The smallest absolute Gasteiger partial charge is 0.238 e. The minimum absolute atomic E-state index is 0.0632. The third-order valence-corrected chi connectivity index (χ3v) is 7.28. The number of piperidine rings is 1. The zero-order valence-electron chi connectivity index (χ0n) is 20.7. The third kappa shape index (κ3) is 5.17. The summed E-state index contributed by atoms with van der Waals surface area (Å²) < 4.78 is 13.8. The van der Waals surface area contributed by atoms with Crippen molar-refractivity contribution >= 4 is 17.5 Å². The lowest BCUT2D eigenvalue weighted by molar-refractivity contribution is -0.139. The van der Waals surface area contributed by atoms with Gasteiger partial charge in [0.15, 0.2) is 0 Å². The molecule has 184 valence electrons. The summed E-state index contributed by atoms with van der Waals surface area (Å²) in [6.45, 7) is 10.4. The number of nitrogens with zero attached hydrogens (tertiary/aromatic N) is 3. The number of carbonyl (C=O) groups is 2. The molecule has 1 spiro atoms. The van der Waals surface area contributed by atoms with Gasteiger partial charge in [-0.3, -0.25) is 19.6 Å². The van der Waals surface area contributed by atoms with Crippen LogP contribution in [-0.4, -0.2) is 64.0 Å². The van der Waals surface area contributed by atoms with E-state index in [1.165, 1.54) is 6.07 Å². The highest BCUT2D eigenvalue weighted by atomic mass is 19.1. The summed E-state index contributed by atoms with van der Waals surface area (Å²) in [6, 6.07) is 6.79. The number of hydrogen-bond donors (Lipinski definition) is 2. The predicted molar refractivity (Wildman–Crippen MR) is 130 cm³/mol. The average Bonchev–Trinajstić information content (AvgIpc) is 3.21. The first kappa shape index (κ1) is 24.4. The maximum atomic E-state index is 13.8. The fourth-order valence-electron chi connectivity index (χ4n) is 5.54. The molecule has 1 aromatic carbocycles. The minimum atomic E-state index is -0.377. The first-order chi connectivity index (χ1) is 16.2. The van der Waals surface area contributed by atoms with Crippen molar-refractivity contribution in [2.24, 2.45) is 11.3 Å². The highest BCUT2D eigenvalue weighted by molar-refractivity contribution is 5.93. The normalized spacial score (nSPS) is 20.5. The van der Waals surface area contributed by atoms with E-state index in [0.717, 1.165) is 48.4 Å². The molecular formula is C26H36FN5O2. The highest BCUT2D eigenvalue weighted by Gasteiger charge is 2.52. The molecule has 2 N–H and O–H groups in total. The van der Waals surface area contributed by atoms with E-state index >= 15 is 0 Å². The van der Waals surface area contributed by atoms with Gasteiger partial charge in [0.2, 0.25) is 11.8 Å². The van der Waals surface area contributed by atoms with Crippen LogP contribution in [0, 0.1) is 31.0 Å². The molecule has 4 rings (SSSR count). The van der Waals surface area contributed by atoms with Crippen molar-refractivity contribution in [1.82, 2.24) is 20.0 Å². The zero-order chi connectivity index (χ0) is 24.5. The first-order valence-corrected chi connectivity index (χ1v) is 12.3. The van der Waals surface area contributed by atoms with Gasteiger partial charge in [-0.05, 0) is 76.2 Å². The van der Waals surface area contributed by atoms with Gasteiger partial charge in [0.05, 0.1) is 29.0 Å². The number of nitrogens with one attached hydrogen (secondary N) is 2. The van der Waals surface area contributed by atoms with Crippen LogP contribution < -0.4 is 5.32 Å². The third-order valence-electron chi connectivity index (χ3n) is 7.28. The first-order valence-electron chi connectivity index (χ1n) is 12.3. The number of aromatic nitrogens is 2. The van der Waals surface area contributed by atoms with Gasteiger partial charge in [0, 0.05) is 12.6 Å². The molecule has 2 aromatic rings. The molecular weight excluding hydrogens is 433 g/mol. The van der Waals surface area contributed by atoms with E-state index in [0.29, 0.717) is 32.0 Å². The summed E-state index contributed by atoms with van der Waals surface area (Å²) in [4.78, 5) is 30.4. The molecule has 34 heavy (non-hydrogen) atoms. The molecule has 2 amide bonds. The number of rotatable bonds is 7. The molecule has 0 unspecified atom stereocenters. The van der Waals surface area contributed by atoms with Crippen LogP contribution in [0.1, 0.15) is 50.1 Å². The lowest BCUT2D eigenvalue weighted by atomic mass is 9.75. The number of amides is 2. The van der Waals surface area contributed by atoms with E-state index in [1.54, 1.807) is 12.1 Å². The maximum absolute atomic E-state index is 13.8. The van der Waals surface area contributed by atoms with E-state index in [2.05, 4.69) is 34.3 Å². The van der Waals surface area contributed by atoms with Gasteiger partial charge in [0.1, 0.15) is 5.82 Å². The number of likely N-dealkylation sites (tertiary alicyclic amines) is 2.